The van der Waals surface area contributed by atoms with E-state index in [0.29, 0.717) is 45.4 Å². The van der Waals surface area contributed by atoms with Crippen molar-refractivity contribution in [3.8, 4) is 0 Å². The van der Waals surface area contributed by atoms with Crippen LogP contribution in [0.3, 0.4) is 0 Å². The summed E-state index contributed by atoms with van der Waals surface area (Å²) in [6.07, 6.45) is 3.90. The van der Waals surface area contributed by atoms with E-state index in [1.54, 1.807) is 0 Å². The molecule has 29 heavy (non-hydrogen) atoms. The number of hydrogen-bond donors (Lipinski definition) is 3. The van der Waals surface area contributed by atoms with Crippen molar-refractivity contribution < 1.29 is 19.1 Å². The highest BCUT2D eigenvalue weighted by Gasteiger charge is 2.49. The highest BCUT2D eigenvalue weighted by molar-refractivity contribution is 9.10. The van der Waals surface area contributed by atoms with Crippen LogP contribution >= 0.6 is 15.9 Å². The highest BCUT2D eigenvalue weighted by Crippen LogP contribution is 2.37. The first-order valence-corrected chi connectivity index (χ1v) is 11.0. The van der Waals surface area contributed by atoms with E-state index >= 15 is 0 Å². The lowest BCUT2D eigenvalue weighted by Crippen LogP contribution is -2.51. The normalized spacial score (nSPS) is 28.7. The molecule has 7 nitrogen and oxygen atoms in total. The van der Waals surface area contributed by atoms with E-state index in [2.05, 4.69) is 44.0 Å². The van der Waals surface area contributed by atoms with E-state index in [9.17, 15) is 14.4 Å². The lowest BCUT2D eigenvalue weighted by atomic mass is 9.73. The molecule has 1 aliphatic carbocycles. The first-order chi connectivity index (χ1) is 13.9. The first kappa shape index (κ1) is 20.3. The third-order valence-electron chi connectivity index (χ3n) is 6.71. The molecule has 3 N–H and O–H groups in total. The van der Waals surface area contributed by atoms with E-state index in [1.807, 2.05) is 12.1 Å². The number of imide groups is 1. The zero-order valence-corrected chi connectivity index (χ0v) is 17.8. The van der Waals surface area contributed by atoms with Gasteiger partial charge in [0.05, 0.1) is 0 Å². The summed E-state index contributed by atoms with van der Waals surface area (Å²) in [5, 5.41) is 8.24. The summed E-state index contributed by atoms with van der Waals surface area (Å²) < 4.78 is 6.60. The topological polar surface area (TPSA) is 96.5 Å². The maximum atomic E-state index is 12.9. The summed E-state index contributed by atoms with van der Waals surface area (Å²) >= 11 is 3.55. The van der Waals surface area contributed by atoms with Gasteiger partial charge in [0.15, 0.2) is 0 Å². The summed E-state index contributed by atoms with van der Waals surface area (Å²) in [6.45, 7) is 1.94. The molecule has 0 unspecified atom stereocenters. The summed E-state index contributed by atoms with van der Waals surface area (Å²) in [6, 6.07) is 7.84. The van der Waals surface area contributed by atoms with Crippen molar-refractivity contribution in [1.82, 2.24) is 16.0 Å². The molecule has 2 heterocycles. The van der Waals surface area contributed by atoms with Gasteiger partial charge in [0, 0.05) is 35.6 Å². The van der Waals surface area contributed by atoms with Crippen LogP contribution in [0.2, 0.25) is 0 Å². The average molecular weight is 464 g/mol. The molecule has 0 bridgehead atoms. The maximum Gasteiger partial charge on any atom is 0.322 e. The van der Waals surface area contributed by atoms with Crippen molar-refractivity contribution in [2.45, 2.75) is 49.5 Å². The van der Waals surface area contributed by atoms with Gasteiger partial charge in [0.1, 0.15) is 5.54 Å². The zero-order valence-electron chi connectivity index (χ0n) is 16.3. The van der Waals surface area contributed by atoms with Crippen LogP contribution in [-0.4, -0.2) is 43.1 Å². The molecule has 4 amide bonds. The number of nitrogens with one attached hydrogen (secondary N) is 3. The fourth-order valence-corrected chi connectivity index (χ4v) is 5.20. The molecule has 1 spiro atoms. The lowest BCUT2D eigenvalue weighted by molar-refractivity contribution is -0.130. The Hall–Kier alpha value is -1.93. The Morgan fingerprint density at radius 2 is 1.90 bits per heavy atom. The fourth-order valence-electron chi connectivity index (χ4n) is 4.80. The molecular weight excluding hydrogens is 438 g/mol. The van der Waals surface area contributed by atoms with Crippen molar-refractivity contribution in [3.05, 3.63) is 34.3 Å². The van der Waals surface area contributed by atoms with Crippen LogP contribution < -0.4 is 16.0 Å². The average Bonchev–Trinajstić information content (AvgIpc) is 3.00. The number of carbonyl (C=O) groups is 3. The molecule has 1 saturated carbocycles. The predicted molar refractivity (Wildman–Crippen MR) is 110 cm³/mol. The molecule has 1 aromatic carbocycles. The molecule has 3 fully saturated rings. The van der Waals surface area contributed by atoms with Crippen LogP contribution in [0, 0.1) is 5.92 Å². The van der Waals surface area contributed by atoms with Crippen molar-refractivity contribution in [1.29, 1.82) is 0 Å². The smallest absolute Gasteiger partial charge is 0.322 e. The van der Waals surface area contributed by atoms with Gasteiger partial charge < -0.3 is 15.4 Å². The minimum absolute atomic E-state index is 0.0328. The number of amides is 4. The molecule has 3 aliphatic rings. The molecule has 8 heteroatoms. The molecule has 0 radical (unpaired) electrons. The van der Waals surface area contributed by atoms with Crippen molar-refractivity contribution in [2.24, 2.45) is 5.92 Å². The van der Waals surface area contributed by atoms with Crippen molar-refractivity contribution in [2.75, 3.05) is 19.8 Å². The second-order valence-electron chi connectivity index (χ2n) is 8.39. The van der Waals surface area contributed by atoms with Gasteiger partial charge in [-0.1, -0.05) is 28.1 Å². The third kappa shape index (κ3) is 4.05. The quantitative estimate of drug-likeness (QED) is 0.597. The van der Waals surface area contributed by atoms with Crippen molar-refractivity contribution in [3.63, 3.8) is 0 Å². The maximum absolute atomic E-state index is 12.9. The standard InChI is InChI=1S/C21H26BrN3O4/c22-16-3-1-2-15(12-16)20(8-10-29-11-9-20)13-23-17(26)14-4-6-21(7-5-14)18(27)24-19(28)25-21/h1-3,12,14H,4-11,13H2,(H,23,26)(H2,24,25,27,28). The van der Waals surface area contributed by atoms with Crippen molar-refractivity contribution >= 4 is 33.8 Å². The fraction of sp³-hybridized carbons (Fsp3) is 0.571. The van der Waals surface area contributed by atoms with E-state index in [0.717, 1.165) is 17.3 Å². The molecule has 0 aromatic heterocycles. The Balaban J connectivity index is 1.39. The minimum atomic E-state index is -0.827. The Morgan fingerprint density at radius 1 is 1.17 bits per heavy atom. The molecule has 4 rings (SSSR count). The van der Waals surface area contributed by atoms with Gasteiger partial charge in [-0.25, -0.2) is 4.79 Å². The van der Waals surface area contributed by atoms with Crippen LogP contribution in [0.5, 0.6) is 0 Å². The Morgan fingerprint density at radius 3 is 2.52 bits per heavy atom. The summed E-state index contributed by atoms with van der Waals surface area (Å²) in [5.74, 6) is -0.368. The molecule has 1 aromatic rings. The zero-order chi connectivity index (χ0) is 20.5. The second-order valence-corrected chi connectivity index (χ2v) is 9.30. The number of hydrogen-bond acceptors (Lipinski definition) is 4. The third-order valence-corrected chi connectivity index (χ3v) is 7.21. The molecular formula is C21H26BrN3O4. The number of ether oxygens (including phenoxy) is 1. The van der Waals surface area contributed by atoms with E-state index in [4.69, 9.17) is 4.74 Å². The van der Waals surface area contributed by atoms with Crippen LogP contribution in [-0.2, 0) is 19.7 Å². The van der Waals surface area contributed by atoms with Gasteiger partial charge in [-0.05, 0) is 56.2 Å². The number of urea groups is 1. The Kier molecular flexibility index (Phi) is 5.66. The highest BCUT2D eigenvalue weighted by atomic mass is 79.9. The molecule has 0 atom stereocenters. The van der Waals surface area contributed by atoms with Crippen LogP contribution in [0.4, 0.5) is 4.79 Å². The largest absolute Gasteiger partial charge is 0.381 e. The van der Waals surface area contributed by atoms with E-state index in [1.165, 1.54) is 5.56 Å². The second kappa shape index (κ2) is 8.07. The number of halogens is 1. The predicted octanol–water partition coefficient (Wildman–Crippen LogP) is 2.38. The minimum Gasteiger partial charge on any atom is -0.381 e. The van der Waals surface area contributed by atoms with Crippen LogP contribution in [0.25, 0.3) is 0 Å². The van der Waals surface area contributed by atoms with Gasteiger partial charge in [-0.2, -0.15) is 0 Å². The van der Waals surface area contributed by atoms with Gasteiger partial charge in [-0.15, -0.1) is 0 Å². The molecule has 156 valence electrons. The summed E-state index contributed by atoms with van der Waals surface area (Å²) in [4.78, 5) is 36.5. The van der Waals surface area contributed by atoms with Gasteiger partial charge in [-0.3, -0.25) is 14.9 Å². The van der Waals surface area contributed by atoms with Crippen LogP contribution in [0.15, 0.2) is 28.7 Å². The Bertz CT molecular complexity index is 814. The Labute approximate surface area is 178 Å². The van der Waals surface area contributed by atoms with E-state index in [-0.39, 0.29) is 23.1 Å². The van der Waals surface area contributed by atoms with E-state index < -0.39 is 11.6 Å². The number of rotatable bonds is 4. The lowest BCUT2D eigenvalue weighted by Gasteiger charge is -2.39. The van der Waals surface area contributed by atoms with Gasteiger partial charge in [0.2, 0.25) is 5.91 Å². The number of carbonyl (C=O) groups excluding carboxylic acids is 3. The van der Waals surface area contributed by atoms with Gasteiger partial charge in [0.25, 0.3) is 5.91 Å². The van der Waals surface area contributed by atoms with Gasteiger partial charge >= 0.3 is 6.03 Å². The monoisotopic (exact) mass is 463 g/mol. The number of benzene rings is 1. The summed E-state index contributed by atoms with van der Waals surface area (Å²) in [7, 11) is 0. The first-order valence-electron chi connectivity index (χ1n) is 10.2. The SMILES string of the molecule is O=C1NC(=O)C2(CCC(C(=O)NCC3(c4cccc(Br)c4)CCOCC3)CC2)N1. The molecule has 2 aliphatic heterocycles. The summed E-state index contributed by atoms with van der Waals surface area (Å²) in [5.41, 5.74) is 0.252. The molecule has 2 saturated heterocycles. The van der Waals surface area contributed by atoms with Crippen LogP contribution in [0.1, 0.15) is 44.1 Å².